The van der Waals surface area contributed by atoms with Crippen LogP contribution in [0.1, 0.15) is 262 Å². The van der Waals surface area contributed by atoms with E-state index in [-0.39, 0.29) is 45.0 Å². The van der Waals surface area contributed by atoms with E-state index in [2.05, 4.69) is 133 Å². The number of nitrogens with two attached hydrogens (primary N) is 2. The molecule has 12 saturated carbocycles. The molecule has 0 spiro atoms. The molecule has 16 nitrogen and oxygen atoms in total. The first-order valence-corrected chi connectivity index (χ1v) is 42.7. The summed E-state index contributed by atoms with van der Waals surface area (Å²) in [6.45, 7) is 48.0. The lowest BCUT2D eigenvalue weighted by atomic mass is 9.49. The monoisotopic (exact) mass is 1420 g/mol. The van der Waals surface area contributed by atoms with Gasteiger partial charge in [-0.2, -0.15) is 8.42 Å². The number of rotatable bonds is 17. The first-order chi connectivity index (χ1) is 47.7. The largest absolute Gasteiger partial charge is 0.396 e. The van der Waals surface area contributed by atoms with Crippen LogP contribution in [0.25, 0.3) is 31.3 Å². The lowest BCUT2D eigenvalue weighted by molar-refractivity contribution is -0.0927. The molecule has 0 aromatic heterocycles. The number of hydrogen-bond donors (Lipinski definition) is 4. The summed E-state index contributed by atoms with van der Waals surface area (Å²) in [5.41, 5.74) is 46.8. The normalized spacial score (nSPS) is 46.4. The maximum atomic E-state index is 11.7. The molecule has 27 atom stereocenters. The van der Waals surface area contributed by atoms with Gasteiger partial charge in [-0.3, -0.25) is 4.18 Å². The zero-order valence-corrected chi connectivity index (χ0v) is 66.5. The summed E-state index contributed by atoms with van der Waals surface area (Å²) in [6, 6.07) is 0. The predicted molar refractivity (Wildman–Crippen MR) is 414 cm³/mol. The van der Waals surface area contributed by atoms with Crippen LogP contribution in [0, 0.1) is 156 Å². The van der Waals surface area contributed by atoms with Crippen molar-refractivity contribution in [1.29, 1.82) is 0 Å². The fraction of sp³-hybridized carbons (Fsp3) is 0.905. The van der Waals surface area contributed by atoms with Crippen LogP contribution in [0.15, 0.2) is 64.0 Å². The third-order valence-electron chi connectivity index (χ3n) is 34.3. The highest BCUT2D eigenvalue weighted by atomic mass is 32.2. The zero-order valence-electron chi connectivity index (χ0n) is 65.7. The minimum absolute atomic E-state index is 0.00189. The van der Waals surface area contributed by atoms with Crippen molar-refractivity contribution in [3.05, 3.63) is 79.9 Å². The third kappa shape index (κ3) is 16.0. The molecule has 0 amide bonds. The maximum Gasteiger partial charge on any atom is 0.264 e. The van der Waals surface area contributed by atoms with Crippen LogP contribution in [0.5, 0.6) is 0 Å². The van der Waals surface area contributed by atoms with Crippen molar-refractivity contribution in [3.8, 4) is 0 Å². The molecular formula is C84H143N11O5S. The van der Waals surface area contributed by atoms with Crippen LogP contribution < -0.4 is 11.5 Å². The predicted octanol–water partition coefficient (Wildman–Crippen LogP) is 21.3. The second-order valence-corrected chi connectivity index (χ2v) is 40.3. The third-order valence-corrected chi connectivity index (χ3v) is 34.9. The highest BCUT2D eigenvalue weighted by Gasteiger charge is 2.61. The standard InChI is InChI=1S/C22H37N3O3S.C21H34N6.C21H36O2.C20H36N2/c1-15-8-10-22(4,17(12-15)14-28-29(5,26)27)20-9-11-21(3)16(2)6-7-19(21)18(20)13-24-25-23;1-14-7-9-21(4,16(11-14)12-24-26-22)19-8-10-20(3)15(2)5-6-18(20)17(19)13-25-27-23;1-14-7-9-21(4,16(11-14)12-22)19-8-10-20(3)15(2)5-6-18(20)17(19)13-23;1-14-7-8-17-16(13-22)18(9-11-19(14,17)2)20(3)10-5-4-6-15(20)12-21/h15,17-20H,2,6-14H2,1,3-5H3;14,16-19H,2,5-13H2,1,3-4H3;14,16-19,22-23H,2,5-13H2,1,3-4H3;15-18H,1,4-13,21-22H2,2-3H3/t15-,17+,18-,19-,20-,21+,22-;2*14-,16+,17-,18-,19-,20+,21-;15-,16+,17+,18+,19-,20+/m0001/s1. The molecule has 6 N–H and O–H groups in total. The number of allylic oxidation sites excluding steroid dienone is 4. The van der Waals surface area contributed by atoms with E-state index in [9.17, 15) is 18.6 Å². The highest BCUT2D eigenvalue weighted by molar-refractivity contribution is 7.86. The molecule has 570 valence electrons. The molecule has 0 unspecified atom stereocenters. The number of aliphatic hydroxyl groups is 2. The topological polar surface area (TPSA) is 282 Å². The summed E-state index contributed by atoms with van der Waals surface area (Å²) in [5.74, 6) is 10.2. The van der Waals surface area contributed by atoms with Gasteiger partial charge in [0.15, 0.2) is 0 Å². The van der Waals surface area contributed by atoms with Gasteiger partial charge in [0.2, 0.25) is 0 Å². The molecular weight excluding hydrogens is 1280 g/mol. The molecule has 12 rings (SSSR count). The van der Waals surface area contributed by atoms with Crippen molar-refractivity contribution in [2.45, 2.75) is 262 Å². The second-order valence-electron chi connectivity index (χ2n) is 38.7. The molecule has 0 saturated heterocycles. The maximum absolute atomic E-state index is 11.7. The first-order valence-electron chi connectivity index (χ1n) is 40.9. The van der Waals surface area contributed by atoms with Gasteiger partial charge in [-0.15, -0.1) is 0 Å². The van der Waals surface area contributed by atoms with Crippen LogP contribution in [-0.2, 0) is 14.3 Å². The Morgan fingerprint density at radius 1 is 0.426 bits per heavy atom. The fourth-order valence-corrected chi connectivity index (χ4v) is 27.7. The molecule has 101 heavy (non-hydrogen) atoms. The SMILES string of the molecule is C=C1CC[C@H]2[C@H](CN)[C@@H]([C@@]3(C)CCCC[C@@H]3CN)CC[C@]12C.C=C1CC[C@H]2[C@H](CN=[N+]=[N-])[C@@H]([C@@]3(C)CC[C@H](C)C[C@@H]3CN=[N+]=[N-])CC[C@]12C.C=C1CC[C@H]2[C@H](CN=[N+]=[N-])[C@@H]([C@@]3(C)CC[C@H](C)C[C@@H]3COS(C)(=O)=O)CC[C@]12C.C=C1CC[C@H]2[C@H](CO)[C@@H]([C@@]3(C)CC[C@H](C)C[C@@H]3CO)CC[C@]12C. The lowest BCUT2D eigenvalue weighted by Gasteiger charge is -2.57. The summed E-state index contributed by atoms with van der Waals surface area (Å²) in [5, 5.41) is 32.4. The molecule has 17 heteroatoms. The highest BCUT2D eigenvalue weighted by Crippen LogP contribution is 2.69. The number of nitrogens with zero attached hydrogens (tertiary/aromatic N) is 9. The average Bonchev–Trinajstić information content (AvgIpc) is 1.74. The van der Waals surface area contributed by atoms with E-state index >= 15 is 0 Å². The van der Waals surface area contributed by atoms with E-state index in [1.165, 1.54) is 131 Å². The van der Waals surface area contributed by atoms with Gasteiger partial charge in [0.1, 0.15) is 0 Å². The number of azide groups is 3. The van der Waals surface area contributed by atoms with E-state index in [1.807, 2.05) is 0 Å². The number of hydrogen-bond acceptors (Lipinski definition) is 10. The number of fused-ring (bicyclic) bond motifs is 4. The molecule has 12 aliphatic carbocycles. The minimum atomic E-state index is -3.46. The molecule has 0 heterocycles. The van der Waals surface area contributed by atoms with Gasteiger partial charge in [0.05, 0.1) is 12.9 Å². The Kier molecular flexibility index (Phi) is 26.7. The van der Waals surface area contributed by atoms with Crippen LogP contribution in [-0.4, -0.2) is 77.4 Å². The van der Waals surface area contributed by atoms with Crippen molar-refractivity contribution >= 4 is 10.1 Å². The summed E-state index contributed by atoms with van der Waals surface area (Å²) >= 11 is 0. The molecule has 12 aliphatic rings. The van der Waals surface area contributed by atoms with Gasteiger partial charge >= 0.3 is 0 Å². The molecule has 12 fully saturated rings. The van der Waals surface area contributed by atoms with Crippen molar-refractivity contribution in [1.82, 2.24) is 0 Å². The van der Waals surface area contributed by atoms with Gasteiger partial charge in [0, 0.05) is 47.6 Å². The number of aliphatic hydroxyl groups excluding tert-OH is 2. The Bertz CT molecular complexity index is 3180. The van der Waals surface area contributed by atoms with Gasteiger partial charge in [0.25, 0.3) is 10.1 Å². The zero-order chi connectivity index (χ0) is 73.9. The van der Waals surface area contributed by atoms with E-state index in [0.717, 1.165) is 114 Å². The first kappa shape index (κ1) is 81.7. The molecule has 0 aromatic carbocycles. The van der Waals surface area contributed by atoms with Crippen LogP contribution in [0.4, 0.5) is 0 Å². The summed E-state index contributed by atoms with van der Waals surface area (Å²) < 4.78 is 28.7. The van der Waals surface area contributed by atoms with E-state index in [4.69, 9.17) is 32.2 Å². The van der Waals surface area contributed by atoms with Crippen LogP contribution in [0.3, 0.4) is 0 Å². The van der Waals surface area contributed by atoms with Gasteiger partial charge in [-0.1, -0.05) is 172 Å². The van der Waals surface area contributed by atoms with Gasteiger partial charge in [-0.25, -0.2) is 0 Å². The van der Waals surface area contributed by atoms with Gasteiger partial charge < -0.3 is 21.7 Å². The Balaban J connectivity index is 0.000000158. The van der Waals surface area contributed by atoms with Gasteiger partial charge in [-0.05, 0) is 340 Å². The van der Waals surface area contributed by atoms with Crippen molar-refractivity contribution in [2.24, 2.45) is 183 Å². The molecule has 0 radical (unpaired) electrons. The Labute approximate surface area is 613 Å². The quantitative estimate of drug-likeness (QED) is 0.0359. The minimum Gasteiger partial charge on any atom is -0.396 e. The molecule has 0 bridgehead atoms. The molecule has 0 aromatic rings. The van der Waals surface area contributed by atoms with E-state index in [1.54, 1.807) is 0 Å². The Morgan fingerprint density at radius 3 is 1.16 bits per heavy atom. The van der Waals surface area contributed by atoms with E-state index in [0.29, 0.717) is 132 Å². The van der Waals surface area contributed by atoms with Crippen molar-refractivity contribution in [3.63, 3.8) is 0 Å². The summed E-state index contributed by atoms with van der Waals surface area (Å²) in [7, 11) is -3.46. The Hall–Kier alpha value is -3.36. The smallest absolute Gasteiger partial charge is 0.264 e. The van der Waals surface area contributed by atoms with Crippen molar-refractivity contribution < 1.29 is 22.8 Å². The fourth-order valence-electron chi connectivity index (χ4n) is 27.2. The lowest BCUT2D eigenvalue weighted by Crippen LogP contribution is -2.52. The second kappa shape index (κ2) is 33.0. The van der Waals surface area contributed by atoms with Crippen LogP contribution >= 0.6 is 0 Å². The summed E-state index contributed by atoms with van der Waals surface area (Å²) in [6.07, 6.45) is 36.0. The van der Waals surface area contributed by atoms with Crippen molar-refractivity contribution in [2.75, 3.05) is 58.8 Å². The molecule has 0 aliphatic heterocycles. The average molecular weight is 1420 g/mol. The van der Waals surface area contributed by atoms with E-state index < -0.39 is 10.1 Å². The Morgan fingerprint density at radius 2 is 0.772 bits per heavy atom. The van der Waals surface area contributed by atoms with Crippen LogP contribution in [0.2, 0.25) is 0 Å². The summed E-state index contributed by atoms with van der Waals surface area (Å²) in [4.78, 5) is 9.25.